The molecule has 1 heterocycles. The molecule has 2 aliphatic carbocycles. The predicted molar refractivity (Wildman–Crippen MR) is 71.0 cm³/mol. The summed E-state index contributed by atoms with van der Waals surface area (Å²) in [6.07, 6.45) is 6.67. The Kier molecular flexibility index (Phi) is 1.88. The van der Waals surface area contributed by atoms with E-state index in [2.05, 4.69) is 41.7 Å². The Morgan fingerprint density at radius 2 is 2.11 bits per heavy atom. The second-order valence-corrected chi connectivity index (χ2v) is 5.44. The minimum Gasteiger partial charge on any atom is -0.385 e. The highest BCUT2D eigenvalue weighted by Crippen LogP contribution is 2.51. The van der Waals surface area contributed by atoms with Crippen LogP contribution in [0.1, 0.15) is 30.4 Å². The third-order valence-corrected chi connectivity index (χ3v) is 4.48. The van der Waals surface area contributed by atoms with E-state index in [-0.39, 0.29) is 5.41 Å². The molecule has 18 heavy (non-hydrogen) atoms. The van der Waals surface area contributed by atoms with Crippen LogP contribution in [0.25, 0.3) is 6.08 Å². The van der Waals surface area contributed by atoms with E-state index in [0.717, 1.165) is 13.0 Å². The van der Waals surface area contributed by atoms with E-state index in [4.69, 9.17) is 0 Å². The van der Waals surface area contributed by atoms with Gasteiger partial charge in [-0.15, -0.1) is 0 Å². The fraction of sp³-hybridized carbons (Fsp3) is 0.312. The zero-order valence-electron chi connectivity index (χ0n) is 10.2. The normalized spacial score (nSPS) is 28.6. The van der Waals surface area contributed by atoms with Crippen molar-refractivity contribution in [3.63, 3.8) is 0 Å². The fourth-order valence-corrected chi connectivity index (χ4v) is 3.73. The van der Waals surface area contributed by atoms with Crippen LogP contribution in [0, 0.1) is 0 Å². The van der Waals surface area contributed by atoms with Crippen molar-refractivity contribution in [3.05, 3.63) is 52.7 Å². The third kappa shape index (κ3) is 1.15. The van der Waals surface area contributed by atoms with Gasteiger partial charge in [0.05, 0.1) is 0 Å². The van der Waals surface area contributed by atoms with Gasteiger partial charge in [0.15, 0.2) is 0 Å². The van der Waals surface area contributed by atoms with Crippen LogP contribution in [-0.4, -0.2) is 12.3 Å². The molecule has 1 fully saturated rings. The molecule has 1 aromatic rings. The summed E-state index contributed by atoms with van der Waals surface area (Å²) in [5, 5.41) is 3.48. The highest BCUT2D eigenvalue weighted by molar-refractivity contribution is 5.87. The van der Waals surface area contributed by atoms with Crippen molar-refractivity contribution in [3.8, 4) is 0 Å². The summed E-state index contributed by atoms with van der Waals surface area (Å²) in [5.41, 5.74) is 5.15. The van der Waals surface area contributed by atoms with Gasteiger partial charge >= 0.3 is 0 Å². The first-order chi connectivity index (χ1) is 8.79. The summed E-state index contributed by atoms with van der Waals surface area (Å²) in [5.74, 6) is 0.372. The Morgan fingerprint density at radius 3 is 3.06 bits per heavy atom. The van der Waals surface area contributed by atoms with Gasteiger partial charge < -0.3 is 5.32 Å². The predicted octanol–water partition coefficient (Wildman–Crippen LogP) is 2.56. The molecule has 4 rings (SSSR count). The van der Waals surface area contributed by atoms with E-state index in [0.29, 0.717) is 18.6 Å². The molecule has 1 aromatic carbocycles. The first-order valence-electron chi connectivity index (χ1n) is 6.57. The molecule has 0 aromatic heterocycles. The van der Waals surface area contributed by atoms with E-state index in [1.165, 1.54) is 22.4 Å². The number of hydrogen-bond acceptors (Lipinski definition) is 2. The van der Waals surface area contributed by atoms with Crippen LogP contribution >= 0.6 is 0 Å². The van der Waals surface area contributed by atoms with Crippen molar-refractivity contribution < 1.29 is 4.79 Å². The van der Waals surface area contributed by atoms with Crippen LogP contribution in [0.3, 0.4) is 0 Å². The number of nitrogens with one attached hydrogen (secondary N) is 1. The molecule has 0 radical (unpaired) electrons. The number of ketones is 1. The van der Waals surface area contributed by atoms with Gasteiger partial charge in [-0.1, -0.05) is 30.3 Å². The maximum absolute atomic E-state index is 11.9. The first-order valence-corrected chi connectivity index (χ1v) is 6.57. The highest BCUT2D eigenvalue weighted by Gasteiger charge is 2.46. The topological polar surface area (TPSA) is 29.1 Å². The number of Topliss-reactive ketones (excluding diaryl/α,β-unsaturated/α-hetero) is 1. The number of hydrogen-bond donors (Lipinski definition) is 1. The van der Waals surface area contributed by atoms with E-state index in [1.54, 1.807) is 0 Å². The van der Waals surface area contributed by atoms with Crippen molar-refractivity contribution in [1.82, 2.24) is 5.32 Å². The number of carbonyl (C=O) groups is 1. The lowest BCUT2D eigenvalue weighted by molar-refractivity contribution is -0.119. The first kappa shape index (κ1) is 10.1. The molecule has 2 bridgehead atoms. The van der Waals surface area contributed by atoms with Crippen LogP contribution in [0.4, 0.5) is 0 Å². The number of piperidine rings is 1. The second kappa shape index (κ2) is 3.35. The Labute approximate surface area is 106 Å². The summed E-state index contributed by atoms with van der Waals surface area (Å²) < 4.78 is 0. The van der Waals surface area contributed by atoms with Crippen LogP contribution in [0.15, 0.2) is 41.6 Å². The standard InChI is InChI=1S/C16H15NO/c18-12-5-6-14-15-9-11-3-1-2-4-13(11)16(14,10-12)7-8-17-15/h1-4,6,9,17H,5,7-8,10H2. The van der Waals surface area contributed by atoms with Crippen molar-refractivity contribution in [2.24, 2.45) is 0 Å². The SMILES string of the molecule is O=C1CC=C2C3=Cc4ccccc4C2(CCN3)C1. The smallest absolute Gasteiger partial charge is 0.137 e. The molecule has 1 unspecified atom stereocenters. The van der Waals surface area contributed by atoms with Gasteiger partial charge in [-0.25, -0.2) is 0 Å². The van der Waals surface area contributed by atoms with Crippen LogP contribution < -0.4 is 5.32 Å². The maximum Gasteiger partial charge on any atom is 0.137 e. The molecule has 0 amide bonds. The molecule has 3 aliphatic rings. The minimum absolute atomic E-state index is 0.0404. The van der Waals surface area contributed by atoms with E-state index >= 15 is 0 Å². The lowest BCUT2D eigenvalue weighted by Gasteiger charge is -2.47. The Bertz CT molecular complexity index is 611. The molecule has 1 saturated heterocycles. The van der Waals surface area contributed by atoms with Crippen molar-refractivity contribution >= 4 is 11.9 Å². The molecular formula is C16H15NO. The number of benzene rings is 1. The molecule has 1 atom stereocenters. The van der Waals surface area contributed by atoms with Crippen LogP contribution in [-0.2, 0) is 10.2 Å². The van der Waals surface area contributed by atoms with Gasteiger partial charge in [-0.3, -0.25) is 4.79 Å². The van der Waals surface area contributed by atoms with Gasteiger partial charge in [0.1, 0.15) is 5.78 Å². The van der Waals surface area contributed by atoms with Crippen molar-refractivity contribution in [2.45, 2.75) is 24.7 Å². The van der Waals surface area contributed by atoms with Gasteiger partial charge in [-0.2, -0.15) is 0 Å². The highest BCUT2D eigenvalue weighted by atomic mass is 16.1. The molecule has 2 nitrogen and oxygen atoms in total. The molecule has 2 heteroatoms. The summed E-state index contributed by atoms with van der Waals surface area (Å²) in [6, 6.07) is 8.51. The van der Waals surface area contributed by atoms with Gasteiger partial charge in [0.25, 0.3) is 0 Å². The lowest BCUT2D eigenvalue weighted by atomic mass is 9.60. The number of fused-ring (bicyclic) bond motifs is 1. The van der Waals surface area contributed by atoms with E-state index in [9.17, 15) is 4.79 Å². The van der Waals surface area contributed by atoms with Crippen LogP contribution in [0.5, 0.6) is 0 Å². The fourth-order valence-electron chi connectivity index (χ4n) is 3.73. The summed E-state index contributed by atoms with van der Waals surface area (Å²) >= 11 is 0. The van der Waals surface area contributed by atoms with Gasteiger partial charge in [-0.05, 0) is 29.2 Å². The monoisotopic (exact) mass is 237 g/mol. The van der Waals surface area contributed by atoms with Crippen molar-refractivity contribution in [1.29, 1.82) is 0 Å². The number of rotatable bonds is 0. The summed E-state index contributed by atoms with van der Waals surface area (Å²) in [4.78, 5) is 11.9. The lowest BCUT2D eigenvalue weighted by Crippen LogP contribution is -2.46. The molecule has 90 valence electrons. The van der Waals surface area contributed by atoms with Gasteiger partial charge in [0.2, 0.25) is 0 Å². The summed E-state index contributed by atoms with van der Waals surface area (Å²) in [6.45, 7) is 0.963. The van der Waals surface area contributed by atoms with E-state index < -0.39 is 0 Å². The molecular weight excluding hydrogens is 222 g/mol. The van der Waals surface area contributed by atoms with Crippen LogP contribution in [0.2, 0.25) is 0 Å². The summed E-state index contributed by atoms with van der Waals surface area (Å²) in [7, 11) is 0. The quantitative estimate of drug-likeness (QED) is 0.751. The average Bonchev–Trinajstić information content (AvgIpc) is 2.38. The Hall–Kier alpha value is -1.83. The molecule has 0 saturated carbocycles. The Morgan fingerprint density at radius 1 is 1.22 bits per heavy atom. The van der Waals surface area contributed by atoms with E-state index in [1.807, 2.05) is 0 Å². The number of allylic oxidation sites excluding steroid dienone is 2. The average molecular weight is 237 g/mol. The number of carbonyl (C=O) groups excluding carboxylic acids is 1. The van der Waals surface area contributed by atoms with Gasteiger partial charge in [0, 0.05) is 30.5 Å². The molecule has 0 spiro atoms. The molecule has 1 N–H and O–H groups in total. The largest absolute Gasteiger partial charge is 0.385 e. The third-order valence-electron chi connectivity index (χ3n) is 4.48. The zero-order chi connectivity index (χ0) is 12.2. The second-order valence-electron chi connectivity index (χ2n) is 5.44. The Balaban J connectivity index is 2.05. The van der Waals surface area contributed by atoms with Crippen molar-refractivity contribution in [2.75, 3.05) is 6.54 Å². The maximum atomic E-state index is 11.9. The zero-order valence-corrected chi connectivity index (χ0v) is 10.2. The molecule has 1 aliphatic heterocycles. The minimum atomic E-state index is -0.0404.